The highest BCUT2D eigenvalue weighted by atomic mass is 16.6. The van der Waals surface area contributed by atoms with Gasteiger partial charge >= 0.3 is 5.97 Å². The fraction of sp³-hybridized carbons (Fsp3) is 0.222. The summed E-state index contributed by atoms with van der Waals surface area (Å²) < 4.78 is 10.5. The zero-order valence-corrected chi connectivity index (χ0v) is 12.8. The van der Waals surface area contributed by atoms with Crippen LogP contribution in [0.4, 0.5) is 0 Å². The third-order valence-electron chi connectivity index (χ3n) is 3.30. The molecule has 126 valence electrons. The Morgan fingerprint density at radius 2 is 1.25 bits per heavy atom. The first-order chi connectivity index (χ1) is 11.6. The molecule has 0 spiro atoms. The predicted octanol–water partition coefficient (Wildman–Crippen LogP) is 0.992. The molecular formula is C18H17O6-. The van der Waals surface area contributed by atoms with Crippen molar-refractivity contribution in [2.45, 2.75) is 25.4 Å². The van der Waals surface area contributed by atoms with Gasteiger partial charge in [0.2, 0.25) is 0 Å². The van der Waals surface area contributed by atoms with Crippen LogP contribution in [0.3, 0.4) is 0 Å². The molecule has 0 radical (unpaired) electrons. The number of hydrogen-bond donors (Lipinski definition) is 1. The van der Waals surface area contributed by atoms with E-state index in [1.54, 1.807) is 48.5 Å². The van der Waals surface area contributed by atoms with E-state index in [1.807, 2.05) is 12.1 Å². The fourth-order valence-electron chi connectivity index (χ4n) is 2.09. The first-order valence-electron chi connectivity index (χ1n) is 7.32. The van der Waals surface area contributed by atoms with Crippen molar-refractivity contribution in [2.24, 2.45) is 0 Å². The van der Waals surface area contributed by atoms with Gasteiger partial charge in [-0.25, -0.2) is 4.79 Å². The summed E-state index contributed by atoms with van der Waals surface area (Å²) in [6, 6.07) is 17.7. The van der Waals surface area contributed by atoms with Gasteiger partial charge in [0.15, 0.2) is 6.10 Å². The maximum absolute atomic E-state index is 11.4. The van der Waals surface area contributed by atoms with Crippen LogP contribution in [0.2, 0.25) is 0 Å². The number of carbonyl (C=O) groups excluding carboxylic acids is 1. The van der Waals surface area contributed by atoms with E-state index in [4.69, 9.17) is 9.47 Å². The summed E-state index contributed by atoms with van der Waals surface area (Å²) in [5.41, 5.74) is 1.44. The molecule has 2 rings (SSSR count). The normalized spacial score (nSPS) is 13.2. The van der Waals surface area contributed by atoms with Crippen molar-refractivity contribution in [1.29, 1.82) is 0 Å². The maximum Gasteiger partial charge on any atom is 0.335 e. The molecule has 0 aliphatic heterocycles. The number of carboxylic acids is 2. The van der Waals surface area contributed by atoms with Crippen molar-refractivity contribution in [3.05, 3.63) is 71.8 Å². The zero-order valence-electron chi connectivity index (χ0n) is 12.8. The largest absolute Gasteiger partial charge is 0.547 e. The van der Waals surface area contributed by atoms with Crippen LogP contribution >= 0.6 is 0 Å². The molecule has 2 aromatic carbocycles. The van der Waals surface area contributed by atoms with E-state index >= 15 is 0 Å². The number of hydrogen-bond acceptors (Lipinski definition) is 5. The molecule has 6 heteroatoms. The van der Waals surface area contributed by atoms with Crippen LogP contribution in [0.1, 0.15) is 11.1 Å². The number of rotatable bonds is 9. The van der Waals surface area contributed by atoms with Crippen LogP contribution in [-0.4, -0.2) is 29.3 Å². The van der Waals surface area contributed by atoms with Gasteiger partial charge in [-0.1, -0.05) is 60.7 Å². The molecule has 0 aromatic heterocycles. The summed E-state index contributed by atoms with van der Waals surface area (Å²) in [7, 11) is 0. The molecule has 0 heterocycles. The van der Waals surface area contributed by atoms with Gasteiger partial charge in [0, 0.05) is 0 Å². The summed E-state index contributed by atoms with van der Waals surface area (Å²) in [5.74, 6) is -3.06. The van der Waals surface area contributed by atoms with Crippen molar-refractivity contribution in [2.75, 3.05) is 0 Å². The monoisotopic (exact) mass is 329 g/mol. The molecule has 0 saturated heterocycles. The number of carbonyl (C=O) groups is 2. The van der Waals surface area contributed by atoms with Crippen molar-refractivity contribution in [1.82, 2.24) is 0 Å². The fourth-order valence-corrected chi connectivity index (χ4v) is 2.09. The molecular weight excluding hydrogens is 312 g/mol. The highest BCUT2D eigenvalue weighted by molar-refractivity contribution is 5.82. The SMILES string of the molecule is O=C([O-])[C@H](OCc1ccccc1)[C@@H](OCc1ccccc1)C(=O)O. The lowest BCUT2D eigenvalue weighted by Gasteiger charge is -2.25. The van der Waals surface area contributed by atoms with Crippen molar-refractivity contribution < 1.29 is 29.3 Å². The van der Waals surface area contributed by atoms with Crippen LogP contribution in [0.25, 0.3) is 0 Å². The van der Waals surface area contributed by atoms with Gasteiger partial charge < -0.3 is 24.5 Å². The first kappa shape index (κ1) is 17.7. The first-order valence-corrected chi connectivity index (χ1v) is 7.32. The van der Waals surface area contributed by atoms with Gasteiger partial charge in [-0.2, -0.15) is 0 Å². The average molecular weight is 329 g/mol. The second-order valence-electron chi connectivity index (χ2n) is 5.09. The average Bonchev–Trinajstić information content (AvgIpc) is 2.59. The standard InChI is InChI=1S/C18H18O6/c19-17(20)15(23-11-13-7-3-1-4-8-13)16(18(21)22)24-12-14-9-5-2-6-10-14/h1-10,15-16H,11-12H2,(H,19,20)(H,21,22)/p-1/t15-,16-/m1/s1. The Morgan fingerprint density at radius 3 is 1.62 bits per heavy atom. The Labute approximate surface area is 139 Å². The number of ether oxygens (including phenoxy) is 2. The summed E-state index contributed by atoms with van der Waals surface area (Å²) in [4.78, 5) is 22.7. The van der Waals surface area contributed by atoms with Gasteiger partial charge in [-0.05, 0) is 11.1 Å². The molecule has 0 bridgehead atoms. The molecule has 0 aliphatic carbocycles. The molecule has 0 unspecified atom stereocenters. The minimum atomic E-state index is -1.72. The van der Waals surface area contributed by atoms with E-state index in [0.29, 0.717) is 0 Å². The van der Waals surface area contributed by atoms with E-state index in [2.05, 4.69) is 0 Å². The molecule has 2 aromatic rings. The summed E-state index contributed by atoms with van der Waals surface area (Å²) in [6.07, 6.45) is -3.38. The smallest absolute Gasteiger partial charge is 0.335 e. The van der Waals surface area contributed by atoms with Crippen LogP contribution in [0.15, 0.2) is 60.7 Å². The van der Waals surface area contributed by atoms with Crippen LogP contribution in [0.5, 0.6) is 0 Å². The quantitative estimate of drug-likeness (QED) is 0.737. The van der Waals surface area contributed by atoms with E-state index in [0.717, 1.165) is 11.1 Å². The number of carboxylic acid groups (broad SMARTS) is 2. The maximum atomic E-state index is 11.4. The third kappa shape index (κ3) is 5.19. The van der Waals surface area contributed by atoms with Gasteiger partial charge in [0.05, 0.1) is 19.2 Å². The Morgan fingerprint density at radius 1 is 0.833 bits per heavy atom. The molecule has 6 nitrogen and oxygen atoms in total. The molecule has 1 N–H and O–H groups in total. The Hall–Kier alpha value is -2.70. The lowest BCUT2D eigenvalue weighted by molar-refractivity contribution is -0.321. The molecule has 0 saturated carbocycles. The molecule has 0 aliphatic rings. The molecule has 24 heavy (non-hydrogen) atoms. The summed E-state index contributed by atoms with van der Waals surface area (Å²) in [5, 5.41) is 20.6. The van der Waals surface area contributed by atoms with Crippen LogP contribution in [0, 0.1) is 0 Å². The van der Waals surface area contributed by atoms with E-state index in [-0.39, 0.29) is 13.2 Å². The van der Waals surface area contributed by atoms with Crippen molar-refractivity contribution in [3.8, 4) is 0 Å². The lowest BCUT2D eigenvalue weighted by Crippen LogP contribution is -2.49. The van der Waals surface area contributed by atoms with Gasteiger partial charge in [-0.15, -0.1) is 0 Å². The van der Waals surface area contributed by atoms with Crippen LogP contribution in [-0.2, 0) is 32.3 Å². The Bertz CT molecular complexity index is 596. The topological polar surface area (TPSA) is 95.9 Å². The minimum absolute atomic E-state index is 0.0454. The Balaban J connectivity index is 2.03. The molecule has 0 amide bonds. The predicted molar refractivity (Wildman–Crippen MR) is 82.7 cm³/mol. The molecule has 0 fully saturated rings. The molecule has 2 atom stereocenters. The highest BCUT2D eigenvalue weighted by Crippen LogP contribution is 2.12. The second kappa shape index (κ2) is 8.81. The zero-order chi connectivity index (χ0) is 17.4. The van der Waals surface area contributed by atoms with Gasteiger partial charge in [0.25, 0.3) is 0 Å². The van der Waals surface area contributed by atoms with Crippen molar-refractivity contribution >= 4 is 11.9 Å². The highest BCUT2D eigenvalue weighted by Gasteiger charge is 2.31. The third-order valence-corrected chi connectivity index (χ3v) is 3.30. The van der Waals surface area contributed by atoms with E-state index in [1.165, 1.54) is 0 Å². The summed E-state index contributed by atoms with van der Waals surface area (Å²) >= 11 is 0. The second-order valence-corrected chi connectivity index (χ2v) is 5.09. The van der Waals surface area contributed by atoms with E-state index < -0.39 is 24.1 Å². The van der Waals surface area contributed by atoms with Gasteiger partial charge in [-0.3, -0.25) is 0 Å². The van der Waals surface area contributed by atoms with Gasteiger partial charge in [0.1, 0.15) is 6.10 Å². The minimum Gasteiger partial charge on any atom is -0.547 e. The summed E-state index contributed by atoms with van der Waals surface area (Å²) in [6.45, 7) is -0.103. The van der Waals surface area contributed by atoms with Crippen molar-refractivity contribution in [3.63, 3.8) is 0 Å². The lowest BCUT2D eigenvalue weighted by atomic mass is 10.2. The number of aliphatic carboxylic acids is 2. The number of benzene rings is 2. The Kier molecular flexibility index (Phi) is 6.48. The van der Waals surface area contributed by atoms with Crippen LogP contribution < -0.4 is 5.11 Å². The van der Waals surface area contributed by atoms with E-state index in [9.17, 15) is 19.8 Å².